The predicted octanol–water partition coefficient (Wildman–Crippen LogP) is 0.876. The smallest absolute Gasteiger partial charge is 0.0618 e. The number of hydrogen-bond donors (Lipinski definition) is 0. The Bertz CT molecular complexity index is 73.1. The minimum atomic E-state index is 0.756. The molecule has 0 aromatic carbocycles. The Morgan fingerprint density at radius 1 is 1.88 bits per heavy atom. The molecule has 0 heterocycles. The molecular weight excluding hydrogens is 114 g/mol. The molecule has 0 bridgehead atoms. The lowest BCUT2D eigenvalue weighted by Crippen LogP contribution is -1.59. The Balaban J connectivity index is 0. The van der Waals surface area contributed by atoms with Crippen LogP contribution in [0.3, 0.4) is 0 Å². The number of allylic oxidation sites excluding steroid dienone is 1. The van der Waals surface area contributed by atoms with Crippen LogP contribution in [0.4, 0.5) is 0 Å². The first-order valence-corrected chi connectivity index (χ1v) is 4.18. The SMILES string of the molecule is C=CC.N#CCC[SiH3]. The molecule has 0 aliphatic heterocycles. The summed E-state index contributed by atoms with van der Waals surface area (Å²) >= 11 is 0. The van der Waals surface area contributed by atoms with Gasteiger partial charge in [0.05, 0.1) is 6.07 Å². The van der Waals surface area contributed by atoms with Gasteiger partial charge >= 0.3 is 0 Å². The molecule has 0 atom stereocenters. The largest absolute Gasteiger partial charge is 0.198 e. The summed E-state index contributed by atoms with van der Waals surface area (Å²) in [6.45, 7) is 5.25. The Kier molecular flexibility index (Phi) is 21.0. The third-order valence-electron chi connectivity index (χ3n) is 0.362. The van der Waals surface area contributed by atoms with Crippen LogP contribution >= 0.6 is 0 Å². The average molecular weight is 127 g/mol. The third kappa shape index (κ3) is 51.5. The van der Waals surface area contributed by atoms with Crippen LogP contribution in [0, 0.1) is 11.3 Å². The maximum absolute atomic E-state index is 7.84. The molecule has 8 heavy (non-hydrogen) atoms. The van der Waals surface area contributed by atoms with Gasteiger partial charge in [-0.1, -0.05) is 12.1 Å². The van der Waals surface area contributed by atoms with Crippen LogP contribution in [0.1, 0.15) is 13.3 Å². The second-order valence-corrected chi connectivity index (χ2v) is 2.32. The molecule has 0 aliphatic carbocycles. The summed E-state index contributed by atoms with van der Waals surface area (Å²) in [7, 11) is 1.18. The lowest BCUT2D eigenvalue weighted by molar-refractivity contribution is 1.21. The fourth-order valence-electron chi connectivity index (χ4n) is 0.112. The zero-order chi connectivity index (χ0) is 6.83. The lowest BCUT2D eigenvalue weighted by Gasteiger charge is -1.65. The van der Waals surface area contributed by atoms with E-state index in [0.29, 0.717) is 0 Å². The molecule has 1 nitrogen and oxygen atoms in total. The van der Waals surface area contributed by atoms with Gasteiger partial charge in [0.2, 0.25) is 0 Å². The van der Waals surface area contributed by atoms with Gasteiger partial charge < -0.3 is 0 Å². The van der Waals surface area contributed by atoms with Crippen molar-refractivity contribution in [2.75, 3.05) is 0 Å². The van der Waals surface area contributed by atoms with E-state index in [1.54, 1.807) is 6.08 Å². The molecule has 0 amide bonds. The zero-order valence-electron chi connectivity index (χ0n) is 5.65. The highest BCUT2D eigenvalue weighted by Gasteiger charge is 1.65. The molecule has 0 spiro atoms. The number of rotatable bonds is 1. The molecule has 0 fully saturated rings. The lowest BCUT2D eigenvalue weighted by atomic mass is 10.6. The highest BCUT2D eigenvalue weighted by Crippen LogP contribution is 1.74. The van der Waals surface area contributed by atoms with Gasteiger partial charge in [-0.05, 0) is 6.92 Å². The van der Waals surface area contributed by atoms with Crippen molar-refractivity contribution in [3.05, 3.63) is 12.7 Å². The van der Waals surface area contributed by atoms with Gasteiger partial charge in [-0.15, -0.1) is 6.58 Å². The van der Waals surface area contributed by atoms with E-state index in [0.717, 1.165) is 12.5 Å². The van der Waals surface area contributed by atoms with Crippen molar-refractivity contribution in [2.24, 2.45) is 0 Å². The first kappa shape index (κ1) is 10.4. The maximum atomic E-state index is 7.84. The molecule has 0 saturated carbocycles. The molecule has 46 valence electrons. The number of hydrogen-bond acceptors (Lipinski definition) is 1. The van der Waals surface area contributed by atoms with Crippen molar-refractivity contribution < 1.29 is 0 Å². The number of nitriles is 1. The molecule has 0 N–H and O–H groups in total. The van der Waals surface area contributed by atoms with Gasteiger partial charge in [-0.2, -0.15) is 5.26 Å². The van der Waals surface area contributed by atoms with Gasteiger partial charge in [0, 0.05) is 16.7 Å². The molecular formula is C6H13NSi. The quantitative estimate of drug-likeness (QED) is 0.379. The molecule has 0 aliphatic rings. The minimum absolute atomic E-state index is 0.756. The summed E-state index contributed by atoms with van der Waals surface area (Å²) in [5.74, 6) is 0. The summed E-state index contributed by atoms with van der Waals surface area (Å²) in [4.78, 5) is 0. The zero-order valence-corrected chi connectivity index (χ0v) is 7.65. The molecule has 2 heteroatoms. The highest BCUT2D eigenvalue weighted by molar-refractivity contribution is 6.08. The van der Waals surface area contributed by atoms with Crippen LogP contribution in [0.15, 0.2) is 12.7 Å². The normalized spacial score (nSPS) is 6.00. The Hall–Kier alpha value is -0.553. The Morgan fingerprint density at radius 3 is 2.25 bits per heavy atom. The Morgan fingerprint density at radius 2 is 2.25 bits per heavy atom. The van der Waals surface area contributed by atoms with E-state index in [-0.39, 0.29) is 0 Å². The Labute approximate surface area is 54.4 Å². The molecule has 0 aromatic heterocycles. The average Bonchev–Trinajstić information content (AvgIpc) is 1.71. The van der Waals surface area contributed by atoms with Crippen molar-refractivity contribution in [3.8, 4) is 6.07 Å². The molecule has 0 unspecified atom stereocenters. The van der Waals surface area contributed by atoms with E-state index >= 15 is 0 Å². The summed E-state index contributed by atoms with van der Waals surface area (Å²) < 4.78 is 0. The van der Waals surface area contributed by atoms with Crippen LogP contribution in [-0.4, -0.2) is 10.2 Å². The summed E-state index contributed by atoms with van der Waals surface area (Å²) in [5, 5.41) is 7.84. The van der Waals surface area contributed by atoms with Crippen molar-refractivity contribution in [1.82, 2.24) is 0 Å². The van der Waals surface area contributed by atoms with Crippen LogP contribution in [-0.2, 0) is 0 Å². The monoisotopic (exact) mass is 127 g/mol. The summed E-state index contributed by atoms with van der Waals surface area (Å²) in [6.07, 6.45) is 2.51. The standard InChI is InChI=1S/C3H7NSi.C3H6/c4-2-1-3-5;1-3-2/h1,3H2,5H3;3H,1H2,2H3. The predicted molar refractivity (Wildman–Crippen MR) is 40.8 cm³/mol. The highest BCUT2D eigenvalue weighted by atomic mass is 28.1. The first-order chi connectivity index (χ1) is 3.83. The van der Waals surface area contributed by atoms with Gasteiger partial charge in [0.1, 0.15) is 0 Å². The molecule has 0 aromatic rings. The van der Waals surface area contributed by atoms with Gasteiger partial charge in [-0.25, -0.2) is 0 Å². The van der Waals surface area contributed by atoms with Crippen molar-refractivity contribution in [2.45, 2.75) is 19.4 Å². The van der Waals surface area contributed by atoms with Crippen molar-refractivity contribution >= 4 is 10.2 Å². The summed E-state index contributed by atoms with van der Waals surface area (Å²) in [5.41, 5.74) is 0. The van der Waals surface area contributed by atoms with Crippen LogP contribution in [0.25, 0.3) is 0 Å². The van der Waals surface area contributed by atoms with Gasteiger partial charge in [0.25, 0.3) is 0 Å². The first-order valence-electron chi connectivity index (χ1n) is 2.77. The van der Waals surface area contributed by atoms with E-state index in [2.05, 4.69) is 12.6 Å². The van der Waals surface area contributed by atoms with Crippen LogP contribution in [0.5, 0.6) is 0 Å². The molecule has 0 rings (SSSR count). The topological polar surface area (TPSA) is 23.8 Å². The fourth-order valence-corrected chi connectivity index (χ4v) is 0.335. The van der Waals surface area contributed by atoms with Crippen molar-refractivity contribution in [3.63, 3.8) is 0 Å². The van der Waals surface area contributed by atoms with E-state index in [9.17, 15) is 0 Å². The van der Waals surface area contributed by atoms with Crippen molar-refractivity contribution in [1.29, 1.82) is 5.26 Å². The summed E-state index contributed by atoms with van der Waals surface area (Å²) in [6, 6.07) is 3.17. The third-order valence-corrected chi connectivity index (χ3v) is 0.862. The van der Waals surface area contributed by atoms with E-state index in [4.69, 9.17) is 5.26 Å². The fraction of sp³-hybridized carbons (Fsp3) is 0.500. The molecule has 0 saturated heterocycles. The van der Waals surface area contributed by atoms with Gasteiger partial charge in [0.15, 0.2) is 0 Å². The van der Waals surface area contributed by atoms with E-state index < -0.39 is 0 Å². The van der Waals surface area contributed by atoms with E-state index in [1.165, 1.54) is 10.2 Å². The second kappa shape index (κ2) is 16.1. The second-order valence-electron chi connectivity index (χ2n) is 1.32. The van der Waals surface area contributed by atoms with E-state index in [1.807, 2.05) is 6.92 Å². The minimum Gasteiger partial charge on any atom is -0.198 e. The maximum Gasteiger partial charge on any atom is 0.0618 e. The van der Waals surface area contributed by atoms with Crippen LogP contribution < -0.4 is 0 Å². The van der Waals surface area contributed by atoms with Crippen LogP contribution in [0.2, 0.25) is 6.04 Å². The van der Waals surface area contributed by atoms with Gasteiger partial charge in [-0.3, -0.25) is 0 Å². The number of nitrogens with zero attached hydrogens (tertiary/aromatic N) is 1. The molecule has 0 radical (unpaired) electrons.